The van der Waals surface area contributed by atoms with Gasteiger partial charge in [0.15, 0.2) is 0 Å². The van der Waals surface area contributed by atoms with E-state index in [0.717, 1.165) is 33.2 Å². The predicted molar refractivity (Wildman–Crippen MR) is 152 cm³/mol. The second-order valence-corrected chi connectivity index (χ2v) is 8.73. The van der Waals surface area contributed by atoms with Gasteiger partial charge < -0.3 is 10.1 Å². The Balaban J connectivity index is 0.000000248. The largest absolute Gasteiger partial charge is 0.507 e. The Kier molecular flexibility index (Phi) is 7.00. The second kappa shape index (κ2) is 12.6. The zero-order chi connectivity index (χ0) is 30.8. The topological polar surface area (TPSA) is 46.0 Å². The van der Waals surface area contributed by atoms with Gasteiger partial charge in [0.2, 0.25) is 0 Å². The summed E-state index contributed by atoms with van der Waals surface area (Å²) in [5.74, 6) is -0.353. The Bertz CT molecular complexity index is 1940. The minimum Gasteiger partial charge on any atom is -0.507 e. The average molecular weight is 695 g/mol. The van der Waals surface area contributed by atoms with Gasteiger partial charge in [-0.2, -0.15) is 0 Å². The van der Waals surface area contributed by atoms with Crippen LogP contribution in [0.3, 0.4) is 0 Å². The molecule has 5 heteroatoms. The smallest absolute Gasteiger partial charge is 0.125 e. The molecule has 4 aromatic carbocycles. The van der Waals surface area contributed by atoms with Crippen LogP contribution in [0.25, 0.3) is 44.4 Å². The van der Waals surface area contributed by atoms with Crippen LogP contribution in [0.15, 0.2) is 115 Å². The summed E-state index contributed by atoms with van der Waals surface area (Å²) in [4.78, 5) is 8.57. The van der Waals surface area contributed by atoms with E-state index in [-0.39, 0.29) is 67.4 Å². The van der Waals surface area contributed by atoms with Gasteiger partial charge in [-0.05, 0) is 70.1 Å². The Morgan fingerprint density at radius 3 is 2.38 bits per heavy atom. The van der Waals surface area contributed by atoms with Gasteiger partial charge in [-0.3, -0.25) is 4.98 Å². The van der Waals surface area contributed by atoms with E-state index in [9.17, 15) is 9.50 Å². The molecule has 0 aliphatic carbocycles. The van der Waals surface area contributed by atoms with E-state index in [1.807, 2.05) is 38.1 Å². The Hall–Kier alpha value is -4.18. The van der Waals surface area contributed by atoms with Gasteiger partial charge >= 0.3 is 0 Å². The molecule has 3 nitrogen and oxygen atoms in total. The van der Waals surface area contributed by atoms with E-state index in [2.05, 4.69) is 22.1 Å². The predicted octanol–water partition coefficient (Wildman–Crippen LogP) is 8.58. The summed E-state index contributed by atoms with van der Waals surface area (Å²) in [5.41, 5.74) is 5.63. The van der Waals surface area contributed by atoms with Crippen molar-refractivity contribution in [2.45, 2.75) is 13.8 Å². The summed E-state index contributed by atoms with van der Waals surface area (Å²) in [6.45, 7) is 4.03. The molecular formula is C34H26FIrN2O-. The maximum Gasteiger partial charge on any atom is 0.125 e. The molecule has 39 heavy (non-hydrogen) atoms. The number of hydrogen-bond donors (Lipinski definition) is 1. The summed E-state index contributed by atoms with van der Waals surface area (Å²) in [6.07, 6.45) is 3.31. The van der Waals surface area contributed by atoms with E-state index in [1.165, 1.54) is 18.2 Å². The van der Waals surface area contributed by atoms with Gasteiger partial charge in [0.05, 0.1) is 12.5 Å². The maximum absolute atomic E-state index is 12.9. The summed E-state index contributed by atoms with van der Waals surface area (Å²) in [7, 11) is 0. The van der Waals surface area contributed by atoms with Crippen LogP contribution in [0, 0.1) is 25.7 Å². The van der Waals surface area contributed by atoms with Crippen LogP contribution in [-0.4, -0.2) is 15.1 Å². The molecule has 6 aromatic rings. The number of nitrogens with zero attached hydrogens (tertiary/aromatic N) is 2. The molecule has 0 saturated carbocycles. The van der Waals surface area contributed by atoms with E-state index >= 15 is 0 Å². The quantitative estimate of drug-likeness (QED) is 0.189. The van der Waals surface area contributed by atoms with Crippen molar-refractivity contribution in [1.29, 1.82) is 0 Å². The monoisotopic (exact) mass is 695 g/mol. The fraction of sp³-hybridized carbons (Fsp3) is 0.0588. The van der Waals surface area contributed by atoms with Crippen LogP contribution in [0.2, 0.25) is 0 Å². The molecule has 195 valence electrons. The standard InChI is InChI=1S/C23H18N.C11H8FNO.Ir/c1-16-12-17(2)14-21(13-16)23-22-9-8-19(15-20(22)10-11-24-23)18-6-4-3-5-7-18;12-8-4-5-11(14)9(7-8)10-3-1-2-6-13-10;/h3-13,15H,1-2H3;1-7,14H;/q-1;;/i3D,4D,5D,6D,7D;;. The number of pyridine rings is 2. The summed E-state index contributed by atoms with van der Waals surface area (Å²) < 4.78 is 52.9. The fourth-order valence-electron chi connectivity index (χ4n) is 4.20. The minimum atomic E-state index is -0.388. The van der Waals surface area contributed by atoms with E-state index in [4.69, 9.17) is 6.85 Å². The molecule has 2 aromatic heterocycles. The van der Waals surface area contributed by atoms with Gasteiger partial charge in [-0.25, -0.2) is 4.39 Å². The van der Waals surface area contributed by atoms with Crippen LogP contribution < -0.4 is 0 Å². The summed E-state index contributed by atoms with van der Waals surface area (Å²) >= 11 is 0. The number of halogens is 1. The molecule has 1 radical (unpaired) electrons. The molecule has 1 N–H and O–H groups in total. The van der Waals surface area contributed by atoms with Crippen molar-refractivity contribution >= 4 is 10.8 Å². The zero-order valence-corrected chi connectivity index (χ0v) is 23.5. The zero-order valence-electron chi connectivity index (χ0n) is 26.1. The molecular weight excluding hydrogens is 664 g/mol. The van der Waals surface area contributed by atoms with E-state index in [0.29, 0.717) is 16.8 Å². The molecule has 0 fully saturated rings. The van der Waals surface area contributed by atoms with Crippen LogP contribution in [0.5, 0.6) is 5.75 Å². The van der Waals surface area contributed by atoms with Crippen LogP contribution in [0.4, 0.5) is 4.39 Å². The van der Waals surface area contributed by atoms with Crippen LogP contribution in [-0.2, 0) is 20.1 Å². The van der Waals surface area contributed by atoms with Crippen LogP contribution in [0.1, 0.15) is 18.0 Å². The number of fused-ring (bicyclic) bond motifs is 1. The summed E-state index contributed by atoms with van der Waals surface area (Å²) in [6, 6.07) is 22.4. The Morgan fingerprint density at radius 2 is 1.64 bits per heavy atom. The SMILES string of the molecule is Oc1ccc(F)cc1-c1ccccn1.[2H]c1c([2H])c([2H])c(-c2ccc3c(-c4[c-]c(C)cc(C)c4)nccc3c2)c([2H])c1[2H].[Ir]. The van der Waals surface area contributed by atoms with Gasteiger partial charge in [-0.1, -0.05) is 62.3 Å². The van der Waals surface area contributed by atoms with Crippen molar-refractivity contribution in [2.24, 2.45) is 0 Å². The third-order valence-corrected chi connectivity index (χ3v) is 5.86. The fourth-order valence-corrected chi connectivity index (χ4v) is 4.20. The first-order valence-electron chi connectivity index (χ1n) is 14.4. The Labute approximate surface area is 248 Å². The first-order chi connectivity index (χ1) is 20.5. The molecule has 0 saturated heterocycles. The van der Waals surface area contributed by atoms with Crippen LogP contribution >= 0.6 is 0 Å². The number of aromatic nitrogens is 2. The van der Waals surface area contributed by atoms with Crippen molar-refractivity contribution in [3.63, 3.8) is 0 Å². The van der Waals surface area contributed by atoms with E-state index in [1.54, 1.807) is 36.7 Å². The van der Waals surface area contributed by atoms with Crippen molar-refractivity contribution < 1.29 is 36.5 Å². The Morgan fingerprint density at radius 1 is 0.821 bits per heavy atom. The molecule has 6 rings (SSSR count). The van der Waals surface area contributed by atoms with Gasteiger partial charge in [0.1, 0.15) is 11.6 Å². The second-order valence-electron chi connectivity index (χ2n) is 8.73. The maximum atomic E-state index is 12.9. The molecule has 0 spiro atoms. The molecule has 0 bridgehead atoms. The first-order valence-corrected chi connectivity index (χ1v) is 11.9. The third-order valence-electron chi connectivity index (χ3n) is 5.86. The molecule has 2 heterocycles. The normalized spacial score (nSPS) is 12.1. The number of aryl methyl sites for hydroxylation is 2. The number of rotatable bonds is 3. The third kappa shape index (κ3) is 6.64. The van der Waals surface area contributed by atoms with Crippen molar-refractivity contribution in [2.75, 3.05) is 0 Å². The average Bonchev–Trinajstić information content (AvgIpc) is 3.00. The molecule has 0 amide bonds. The number of hydrogen-bond acceptors (Lipinski definition) is 3. The number of phenolic OH excluding ortho intramolecular Hbond substituents is 1. The molecule has 0 aliphatic heterocycles. The number of aromatic hydroxyl groups is 1. The number of benzene rings is 4. The van der Waals surface area contributed by atoms with Crippen molar-refractivity contribution in [3.8, 4) is 39.4 Å². The van der Waals surface area contributed by atoms with Gasteiger partial charge in [-0.15, -0.1) is 34.9 Å². The van der Waals surface area contributed by atoms with E-state index < -0.39 is 0 Å². The molecule has 0 atom stereocenters. The number of phenols is 1. The van der Waals surface area contributed by atoms with Crippen molar-refractivity contribution in [3.05, 3.63) is 138 Å². The minimum absolute atomic E-state index is 0. The van der Waals surface area contributed by atoms with Gasteiger partial charge in [0, 0.05) is 38.1 Å². The van der Waals surface area contributed by atoms with Crippen molar-refractivity contribution in [1.82, 2.24) is 9.97 Å². The summed E-state index contributed by atoms with van der Waals surface area (Å²) in [5, 5.41) is 11.3. The molecule has 0 unspecified atom stereocenters. The molecule has 0 aliphatic rings. The van der Waals surface area contributed by atoms with Gasteiger partial charge in [0.25, 0.3) is 0 Å². The first kappa shape index (κ1) is 21.7.